The normalized spacial score (nSPS) is 17.2. The van der Waals surface area contributed by atoms with Crippen molar-refractivity contribution in [2.24, 2.45) is 0 Å². The van der Waals surface area contributed by atoms with Crippen molar-refractivity contribution in [3.63, 3.8) is 0 Å². The molecule has 1 aliphatic heterocycles. The fraction of sp³-hybridized carbons (Fsp3) is 0.400. The summed E-state index contributed by atoms with van der Waals surface area (Å²) in [5, 5.41) is 0. The van der Waals surface area contributed by atoms with Crippen LogP contribution in [0.4, 0.5) is 5.69 Å². The second-order valence-corrected chi connectivity index (χ2v) is 6.55. The summed E-state index contributed by atoms with van der Waals surface area (Å²) >= 11 is 2.91. The van der Waals surface area contributed by atoms with Gasteiger partial charge in [0.2, 0.25) is 10.0 Å². The summed E-state index contributed by atoms with van der Waals surface area (Å²) in [5.41, 5.74) is 1.40. The van der Waals surface area contributed by atoms with E-state index in [4.69, 9.17) is 9.47 Å². The van der Waals surface area contributed by atoms with Crippen LogP contribution in [0.15, 0.2) is 24.3 Å². The third-order valence-corrected chi connectivity index (χ3v) is 4.86. The van der Waals surface area contributed by atoms with Crippen molar-refractivity contribution in [3.8, 4) is 0 Å². The maximum Gasteiger partial charge on any atom is 0.242 e. The van der Waals surface area contributed by atoms with Crippen LogP contribution < -0.4 is 4.72 Å². The molecule has 1 saturated heterocycles. The fourth-order valence-electron chi connectivity index (χ4n) is 1.47. The summed E-state index contributed by atoms with van der Waals surface area (Å²) in [6.45, 7) is 1.17. The smallest absolute Gasteiger partial charge is 0.242 e. The number of halogens is 1. The number of hydrogen-bond donors (Lipinski definition) is 1. The molecule has 1 aromatic rings. The Balaban J connectivity index is 2.07. The van der Waals surface area contributed by atoms with Gasteiger partial charge in [-0.05, 0) is 12.1 Å². The lowest BCUT2D eigenvalue weighted by atomic mass is 10.2. The molecule has 0 aliphatic carbocycles. The first-order chi connectivity index (χ1) is 8.11. The minimum Gasteiger partial charge on any atom is -0.346 e. The van der Waals surface area contributed by atoms with Gasteiger partial charge in [-0.15, -0.1) is 0 Å². The maximum atomic E-state index is 11.3. The predicted octanol–water partition coefficient (Wildman–Crippen LogP) is 1.83. The van der Waals surface area contributed by atoms with Crippen molar-refractivity contribution >= 4 is 31.6 Å². The third kappa shape index (κ3) is 3.41. The fourth-order valence-corrected chi connectivity index (χ4v) is 2.36. The van der Waals surface area contributed by atoms with Crippen LogP contribution in [0.3, 0.4) is 0 Å². The molecule has 1 aliphatic rings. The topological polar surface area (TPSA) is 64.6 Å². The Hall–Kier alpha value is -0.630. The molecule has 2 rings (SSSR count). The highest BCUT2D eigenvalue weighted by Crippen LogP contribution is 2.24. The van der Waals surface area contributed by atoms with Gasteiger partial charge in [0.25, 0.3) is 0 Å². The Morgan fingerprint density at radius 3 is 2.35 bits per heavy atom. The average molecular weight is 322 g/mol. The van der Waals surface area contributed by atoms with Gasteiger partial charge < -0.3 is 9.47 Å². The SMILES string of the molecule is O=S(=O)(CBr)Nc1ccc(C2OCCO2)cc1. The van der Waals surface area contributed by atoms with Crippen LogP contribution in [0.2, 0.25) is 0 Å². The lowest BCUT2D eigenvalue weighted by Gasteiger charge is -2.10. The summed E-state index contributed by atoms with van der Waals surface area (Å²) in [4.78, 5) is 0. The zero-order chi connectivity index (χ0) is 12.3. The molecule has 5 nitrogen and oxygen atoms in total. The second kappa shape index (κ2) is 5.34. The maximum absolute atomic E-state index is 11.3. The molecule has 0 spiro atoms. The van der Waals surface area contributed by atoms with E-state index in [0.717, 1.165) is 5.56 Å². The van der Waals surface area contributed by atoms with Crippen LogP contribution >= 0.6 is 15.9 Å². The Kier molecular flexibility index (Phi) is 4.03. The minimum atomic E-state index is -3.30. The highest BCUT2D eigenvalue weighted by molar-refractivity contribution is 9.10. The van der Waals surface area contributed by atoms with Crippen LogP contribution in [-0.4, -0.2) is 26.3 Å². The van der Waals surface area contributed by atoms with E-state index in [1.165, 1.54) is 0 Å². The molecule has 0 atom stereocenters. The van der Waals surface area contributed by atoms with Gasteiger partial charge in [0.15, 0.2) is 6.29 Å². The molecule has 94 valence electrons. The molecule has 0 saturated carbocycles. The first-order valence-corrected chi connectivity index (χ1v) is 7.78. The molecule has 0 radical (unpaired) electrons. The molecule has 1 aromatic carbocycles. The van der Waals surface area contributed by atoms with Crippen LogP contribution in [0, 0.1) is 0 Å². The van der Waals surface area contributed by atoms with E-state index in [-0.39, 0.29) is 11.0 Å². The van der Waals surface area contributed by atoms with E-state index < -0.39 is 10.0 Å². The predicted molar refractivity (Wildman–Crippen MR) is 67.4 cm³/mol. The molecule has 1 N–H and O–H groups in total. The van der Waals surface area contributed by atoms with Crippen molar-refractivity contribution < 1.29 is 17.9 Å². The van der Waals surface area contributed by atoms with Gasteiger partial charge in [-0.3, -0.25) is 4.72 Å². The van der Waals surface area contributed by atoms with Gasteiger partial charge in [0.05, 0.1) is 13.2 Å². The molecule has 0 unspecified atom stereocenters. The van der Waals surface area contributed by atoms with Crippen molar-refractivity contribution in [1.29, 1.82) is 0 Å². The number of hydrogen-bond acceptors (Lipinski definition) is 4. The molecule has 0 bridgehead atoms. The van der Waals surface area contributed by atoms with Gasteiger partial charge in [-0.2, -0.15) is 0 Å². The van der Waals surface area contributed by atoms with Crippen LogP contribution in [0.25, 0.3) is 0 Å². The number of anilines is 1. The highest BCUT2D eigenvalue weighted by atomic mass is 79.9. The molecule has 1 heterocycles. The second-order valence-electron chi connectivity index (χ2n) is 3.52. The molecule has 1 fully saturated rings. The van der Waals surface area contributed by atoms with Crippen molar-refractivity contribution in [3.05, 3.63) is 29.8 Å². The van der Waals surface area contributed by atoms with Crippen LogP contribution in [-0.2, 0) is 19.5 Å². The van der Waals surface area contributed by atoms with Gasteiger partial charge in [-0.25, -0.2) is 8.42 Å². The molecule has 0 amide bonds. The van der Waals surface area contributed by atoms with Gasteiger partial charge in [0, 0.05) is 11.3 Å². The number of sulfonamides is 1. The summed E-state index contributed by atoms with van der Waals surface area (Å²) < 4.78 is 35.6. The van der Waals surface area contributed by atoms with Gasteiger partial charge in [-0.1, -0.05) is 28.1 Å². The number of benzene rings is 1. The first kappa shape index (κ1) is 12.8. The molecule has 7 heteroatoms. The van der Waals surface area contributed by atoms with E-state index in [0.29, 0.717) is 18.9 Å². The van der Waals surface area contributed by atoms with E-state index in [1.54, 1.807) is 24.3 Å². The van der Waals surface area contributed by atoms with E-state index in [1.807, 2.05) is 0 Å². The number of rotatable bonds is 4. The van der Waals surface area contributed by atoms with E-state index in [9.17, 15) is 8.42 Å². The van der Waals surface area contributed by atoms with Gasteiger partial charge in [0.1, 0.15) is 4.66 Å². The standard InChI is InChI=1S/C10H12BrNO4S/c11-7-17(13,14)12-9-3-1-8(2-4-9)10-15-5-6-16-10/h1-4,10,12H,5-7H2. The van der Waals surface area contributed by atoms with Crippen LogP contribution in [0.5, 0.6) is 0 Å². The zero-order valence-corrected chi connectivity index (χ0v) is 11.3. The zero-order valence-electron chi connectivity index (χ0n) is 8.93. The molecule has 17 heavy (non-hydrogen) atoms. The van der Waals surface area contributed by atoms with Crippen molar-refractivity contribution in [1.82, 2.24) is 0 Å². The Bertz CT molecular complexity index is 468. The molecular formula is C10H12BrNO4S. The Morgan fingerprint density at radius 2 is 1.82 bits per heavy atom. The summed E-state index contributed by atoms with van der Waals surface area (Å²) in [7, 11) is -3.30. The average Bonchev–Trinajstić information content (AvgIpc) is 2.83. The largest absolute Gasteiger partial charge is 0.346 e. The van der Waals surface area contributed by atoms with Crippen LogP contribution in [0.1, 0.15) is 11.9 Å². The lowest BCUT2D eigenvalue weighted by molar-refractivity contribution is -0.0441. The number of alkyl halides is 1. The Labute approximate surface area is 108 Å². The minimum absolute atomic E-state index is 0.128. The first-order valence-electron chi connectivity index (χ1n) is 5.00. The lowest BCUT2D eigenvalue weighted by Crippen LogP contribution is -2.13. The summed E-state index contributed by atoms with van der Waals surface area (Å²) in [6.07, 6.45) is -0.336. The van der Waals surface area contributed by atoms with E-state index >= 15 is 0 Å². The molecule has 0 aromatic heterocycles. The Morgan fingerprint density at radius 1 is 1.24 bits per heavy atom. The summed E-state index contributed by atoms with van der Waals surface area (Å²) in [6, 6.07) is 6.92. The quantitative estimate of drug-likeness (QED) is 0.859. The monoisotopic (exact) mass is 321 g/mol. The van der Waals surface area contributed by atoms with E-state index in [2.05, 4.69) is 20.7 Å². The number of nitrogens with one attached hydrogen (secondary N) is 1. The van der Waals surface area contributed by atoms with Crippen molar-refractivity contribution in [2.45, 2.75) is 6.29 Å². The van der Waals surface area contributed by atoms with Gasteiger partial charge >= 0.3 is 0 Å². The summed E-state index contributed by atoms with van der Waals surface area (Å²) in [5.74, 6) is 0. The highest BCUT2D eigenvalue weighted by Gasteiger charge is 2.18. The molecular weight excluding hydrogens is 310 g/mol. The number of ether oxygens (including phenoxy) is 2. The van der Waals surface area contributed by atoms with Crippen molar-refractivity contribution in [2.75, 3.05) is 22.6 Å². The third-order valence-electron chi connectivity index (χ3n) is 2.22.